The Morgan fingerprint density at radius 1 is 1.43 bits per heavy atom. The lowest BCUT2D eigenvalue weighted by atomic mass is 10.3. The van der Waals surface area contributed by atoms with Gasteiger partial charge in [0.25, 0.3) is 0 Å². The summed E-state index contributed by atoms with van der Waals surface area (Å²) >= 11 is 0. The summed E-state index contributed by atoms with van der Waals surface area (Å²) in [7, 11) is 3.98. The summed E-state index contributed by atoms with van der Waals surface area (Å²) in [5.41, 5.74) is 0.526. The van der Waals surface area contributed by atoms with Crippen LogP contribution in [0.4, 0.5) is 0 Å². The van der Waals surface area contributed by atoms with Gasteiger partial charge < -0.3 is 15.0 Å². The zero-order valence-electron chi connectivity index (χ0n) is 9.30. The highest BCUT2D eigenvalue weighted by atomic mass is 16.5. The molecule has 0 fully saturated rings. The topological polar surface area (TPSA) is 41.6 Å². The minimum Gasteiger partial charge on any atom is -0.378 e. The molecule has 0 saturated carbocycles. The number of hydrogen-bond acceptors (Lipinski definition) is 3. The molecule has 0 bridgehead atoms. The number of carbonyl (C=O) groups is 1. The largest absolute Gasteiger partial charge is 0.378 e. The zero-order valence-corrected chi connectivity index (χ0v) is 9.30. The van der Waals surface area contributed by atoms with Gasteiger partial charge in [0, 0.05) is 18.7 Å². The summed E-state index contributed by atoms with van der Waals surface area (Å²) < 4.78 is 5.29. The van der Waals surface area contributed by atoms with E-state index in [0.29, 0.717) is 25.3 Å². The van der Waals surface area contributed by atoms with Crippen LogP contribution in [0.2, 0.25) is 0 Å². The Morgan fingerprint density at radius 2 is 2.07 bits per heavy atom. The van der Waals surface area contributed by atoms with E-state index in [1.165, 1.54) is 0 Å². The highest BCUT2D eigenvalue weighted by Gasteiger charge is 1.99. The lowest BCUT2D eigenvalue weighted by molar-refractivity contribution is -0.117. The van der Waals surface area contributed by atoms with E-state index in [9.17, 15) is 4.79 Å². The lowest BCUT2D eigenvalue weighted by Gasteiger charge is -2.10. The van der Waals surface area contributed by atoms with Crippen molar-refractivity contribution >= 4 is 5.91 Å². The van der Waals surface area contributed by atoms with Crippen molar-refractivity contribution < 1.29 is 9.53 Å². The first kappa shape index (κ1) is 13.1. The van der Waals surface area contributed by atoms with Gasteiger partial charge in [0.05, 0.1) is 13.2 Å². The maximum Gasteiger partial charge on any atom is 0.246 e. The molecule has 0 aromatic carbocycles. The van der Waals surface area contributed by atoms with Crippen molar-refractivity contribution in [3.05, 3.63) is 12.2 Å². The normalized spacial score (nSPS) is 10.3. The Morgan fingerprint density at radius 3 is 2.57 bits per heavy atom. The molecule has 0 aliphatic heterocycles. The lowest BCUT2D eigenvalue weighted by Crippen LogP contribution is -2.28. The van der Waals surface area contributed by atoms with Gasteiger partial charge in [-0.25, -0.2) is 0 Å². The second-order valence-electron chi connectivity index (χ2n) is 3.45. The summed E-state index contributed by atoms with van der Waals surface area (Å²) in [5.74, 6) is -0.110. The Balaban J connectivity index is 3.22. The Kier molecular flexibility index (Phi) is 7.06. The Labute approximate surface area is 85.9 Å². The molecule has 4 nitrogen and oxygen atoms in total. The average molecular weight is 200 g/mol. The van der Waals surface area contributed by atoms with Gasteiger partial charge in [-0.2, -0.15) is 0 Å². The molecule has 0 heterocycles. The first-order chi connectivity index (χ1) is 6.54. The van der Waals surface area contributed by atoms with Gasteiger partial charge in [0.15, 0.2) is 0 Å². The number of ether oxygens (including phenoxy) is 1. The van der Waals surface area contributed by atoms with Gasteiger partial charge in [-0.15, -0.1) is 0 Å². The minimum absolute atomic E-state index is 0.110. The fourth-order valence-electron chi connectivity index (χ4n) is 0.737. The van der Waals surface area contributed by atoms with Crippen LogP contribution in [0.25, 0.3) is 0 Å². The van der Waals surface area contributed by atoms with Gasteiger partial charge in [-0.1, -0.05) is 6.58 Å². The molecule has 4 heteroatoms. The van der Waals surface area contributed by atoms with E-state index < -0.39 is 0 Å². The summed E-state index contributed by atoms with van der Waals surface area (Å²) in [6, 6.07) is 0. The van der Waals surface area contributed by atoms with E-state index >= 15 is 0 Å². The smallest absolute Gasteiger partial charge is 0.246 e. The van der Waals surface area contributed by atoms with Crippen molar-refractivity contribution in [2.45, 2.75) is 6.92 Å². The zero-order chi connectivity index (χ0) is 11.0. The molecule has 1 amide bonds. The molecule has 0 aliphatic rings. The SMILES string of the molecule is C=C(C)C(=O)NCCOCCN(C)C. The second-order valence-corrected chi connectivity index (χ2v) is 3.45. The number of nitrogens with one attached hydrogen (secondary N) is 1. The number of carbonyl (C=O) groups excluding carboxylic acids is 1. The summed E-state index contributed by atoms with van der Waals surface area (Å²) in [5, 5.41) is 2.69. The third-order valence-corrected chi connectivity index (χ3v) is 1.60. The quantitative estimate of drug-likeness (QED) is 0.473. The third-order valence-electron chi connectivity index (χ3n) is 1.60. The van der Waals surface area contributed by atoms with Crippen molar-refractivity contribution in [3.8, 4) is 0 Å². The number of hydrogen-bond donors (Lipinski definition) is 1. The molecule has 1 N–H and O–H groups in total. The molecule has 14 heavy (non-hydrogen) atoms. The maximum atomic E-state index is 11.0. The molecule has 82 valence electrons. The van der Waals surface area contributed by atoms with E-state index in [1.807, 2.05) is 19.0 Å². The average Bonchev–Trinajstić information content (AvgIpc) is 2.09. The predicted molar refractivity (Wildman–Crippen MR) is 57.2 cm³/mol. The Bertz CT molecular complexity index is 191. The Hall–Kier alpha value is -0.870. The first-order valence-electron chi connectivity index (χ1n) is 4.70. The van der Waals surface area contributed by atoms with E-state index in [1.54, 1.807) is 6.92 Å². The molecular formula is C10H20N2O2. The standard InChI is InChI=1S/C10H20N2O2/c1-9(2)10(13)11-5-7-14-8-6-12(3)4/h1,5-8H2,2-4H3,(H,11,13). The second kappa shape index (κ2) is 7.53. The highest BCUT2D eigenvalue weighted by molar-refractivity contribution is 5.91. The molecule has 0 atom stereocenters. The van der Waals surface area contributed by atoms with Crippen LogP contribution in [-0.2, 0) is 9.53 Å². The van der Waals surface area contributed by atoms with Gasteiger partial charge >= 0.3 is 0 Å². The predicted octanol–water partition coefficient (Wildman–Crippen LogP) is 0.257. The van der Waals surface area contributed by atoms with E-state index in [-0.39, 0.29) is 5.91 Å². The van der Waals surface area contributed by atoms with Crippen LogP contribution in [0.15, 0.2) is 12.2 Å². The van der Waals surface area contributed by atoms with Crippen LogP contribution in [0.5, 0.6) is 0 Å². The molecule has 0 saturated heterocycles. The van der Waals surface area contributed by atoms with Crippen LogP contribution < -0.4 is 5.32 Å². The van der Waals surface area contributed by atoms with Crippen LogP contribution in [0.1, 0.15) is 6.92 Å². The molecular weight excluding hydrogens is 180 g/mol. The number of amides is 1. The van der Waals surface area contributed by atoms with Gasteiger partial charge in [0.1, 0.15) is 0 Å². The number of likely N-dealkylation sites (N-methyl/N-ethyl adjacent to an activating group) is 1. The van der Waals surface area contributed by atoms with Crippen molar-refractivity contribution in [2.24, 2.45) is 0 Å². The maximum absolute atomic E-state index is 11.0. The highest BCUT2D eigenvalue weighted by Crippen LogP contribution is 1.84. The fraction of sp³-hybridized carbons (Fsp3) is 0.700. The van der Waals surface area contributed by atoms with E-state index in [0.717, 1.165) is 6.54 Å². The van der Waals surface area contributed by atoms with Crippen molar-refractivity contribution in [2.75, 3.05) is 40.4 Å². The fourth-order valence-corrected chi connectivity index (χ4v) is 0.737. The monoisotopic (exact) mass is 200 g/mol. The van der Waals surface area contributed by atoms with Gasteiger partial charge in [0.2, 0.25) is 5.91 Å². The molecule has 0 unspecified atom stereocenters. The molecule has 0 aliphatic carbocycles. The number of nitrogens with zero attached hydrogens (tertiary/aromatic N) is 1. The summed E-state index contributed by atoms with van der Waals surface area (Å²) in [6.45, 7) is 7.89. The molecule has 0 aromatic rings. The van der Waals surface area contributed by atoms with E-state index in [4.69, 9.17) is 4.74 Å². The molecule has 0 aromatic heterocycles. The van der Waals surface area contributed by atoms with Crippen LogP contribution in [0, 0.1) is 0 Å². The first-order valence-corrected chi connectivity index (χ1v) is 4.70. The van der Waals surface area contributed by atoms with E-state index in [2.05, 4.69) is 11.9 Å². The number of rotatable bonds is 7. The third kappa shape index (κ3) is 7.76. The van der Waals surface area contributed by atoms with Crippen molar-refractivity contribution in [3.63, 3.8) is 0 Å². The van der Waals surface area contributed by atoms with Crippen LogP contribution in [0.3, 0.4) is 0 Å². The minimum atomic E-state index is -0.110. The summed E-state index contributed by atoms with van der Waals surface area (Å²) in [6.07, 6.45) is 0. The molecule has 0 spiro atoms. The summed E-state index contributed by atoms with van der Waals surface area (Å²) in [4.78, 5) is 13.1. The van der Waals surface area contributed by atoms with Crippen LogP contribution in [-0.4, -0.2) is 51.2 Å². The van der Waals surface area contributed by atoms with Gasteiger partial charge in [-0.3, -0.25) is 4.79 Å². The van der Waals surface area contributed by atoms with Crippen molar-refractivity contribution in [1.29, 1.82) is 0 Å². The molecule has 0 radical (unpaired) electrons. The van der Waals surface area contributed by atoms with Gasteiger partial charge in [-0.05, 0) is 21.0 Å². The molecule has 0 rings (SSSR count). The van der Waals surface area contributed by atoms with Crippen molar-refractivity contribution in [1.82, 2.24) is 10.2 Å². The van der Waals surface area contributed by atoms with Crippen LogP contribution >= 0.6 is 0 Å².